The molecule has 188 valence electrons. The molecule has 0 aromatic heterocycles. The molecule has 0 saturated heterocycles. The lowest BCUT2D eigenvalue weighted by Gasteiger charge is -2.73. The number of allylic oxidation sites excluding steroid dienone is 1. The van der Waals surface area contributed by atoms with Crippen molar-refractivity contribution < 1.29 is 5.11 Å². The maximum atomic E-state index is 10.5. The Hall–Kier alpha value is -0.380. The zero-order valence-corrected chi connectivity index (χ0v) is 22.3. The van der Waals surface area contributed by atoms with Crippen molar-refractivity contribution in [2.45, 2.75) is 105 Å². The molecule has 0 heterocycles. The quantitative estimate of drug-likeness (QED) is 0.463. The van der Waals surface area contributed by atoms with Crippen LogP contribution in [0.2, 0.25) is 0 Å². The summed E-state index contributed by atoms with van der Waals surface area (Å²) in [4.78, 5) is 0. The fraction of sp³-hybridized carbons (Fsp3) is 0.933. The first kappa shape index (κ1) is 24.3. The minimum atomic E-state index is -0.135. The second-order valence-electron chi connectivity index (χ2n) is 14.6. The van der Waals surface area contributed by atoms with Gasteiger partial charge in [0.05, 0.1) is 6.61 Å². The minimum Gasteiger partial charge on any atom is -0.396 e. The molecule has 0 aromatic carbocycles. The molecule has 5 rings (SSSR count). The van der Waals surface area contributed by atoms with Gasteiger partial charge in [-0.1, -0.05) is 39.8 Å². The van der Waals surface area contributed by atoms with Crippen molar-refractivity contribution in [2.75, 3.05) is 13.2 Å². The lowest BCUT2D eigenvalue weighted by atomic mass is 9.32. The zero-order chi connectivity index (χ0) is 24.0. The molecule has 33 heavy (non-hydrogen) atoms. The summed E-state index contributed by atoms with van der Waals surface area (Å²) in [7, 11) is 0. The highest BCUT2D eigenvalue weighted by atomic mass is 16.3. The molecule has 0 aliphatic heterocycles. The molecule has 5 fully saturated rings. The first-order valence-electron chi connectivity index (χ1n) is 14.2. The van der Waals surface area contributed by atoms with Crippen LogP contribution in [0.3, 0.4) is 0 Å². The van der Waals surface area contributed by atoms with Crippen molar-refractivity contribution in [1.82, 2.24) is 0 Å². The van der Waals surface area contributed by atoms with Crippen LogP contribution in [0.25, 0.3) is 0 Å². The molecule has 1 unspecified atom stereocenters. The van der Waals surface area contributed by atoms with E-state index in [0.29, 0.717) is 33.5 Å². The molecule has 5 aliphatic carbocycles. The van der Waals surface area contributed by atoms with Gasteiger partial charge in [0.15, 0.2) is 0 Å². The molecule has 0 spiro atoms. The van der Waals surface area contributed by atoms with Crippen molar-refractivity contribution in [3.63, 3.8) is 0 Å². The summed E-state index contributed by atoms with van der Waals surface area (Å²) >= 11 is 0. The van der Waals surface area contributed by atoms with E-state index in [2.05, 4.69) is 41.2 Å². The number of hydrogen-bond acceptors (Lipinski definition) is 3. The maximum absolute atomic E-state index is 10.5. The molecule has 5 N–H and O–H groups in total. The largest absolute Gasteiger partial charge is 0.396 e. The number of aliphatic hydroxyl groups is 1. The Morgan fingerprint density at radius 2 is 1.61 bits per heavy atom. The van der Waals surface area contributed by atoms with E-state index < -0.39 is 0 Å². The van der Waals surface area contributed by atoms with Gasteiger partial charge >= 0.3 is 0 Å². The lowest BCUT2D eigenvalue weighted by molar-refractivity contribution is -0.242. The van der Waals surface area contributed by atoms with E-state index in [1.54, 1.807) is 0 Å². The topological polar surface area (TPSA) is 72.3 Å². The standard InChI is InChI=1S/C30H52N2O/c1-19(2)20-9-14-30(17-31)16-15-28(5)21(25(20)30)7-8-23-26(3)12-11-24(32)27(4,18-33)22(26)10-13-29(23,28)6/h20-25,33H,1,7-18,31-32H2,2-6H3/t20-,21+,22+,23+,24?,25+,26-,27-,28+,29+,30+/m0/s1. The summed E-state index contributed by atoms with van der Waals surface area (Å²) in [5.74, 6) is 3.44. The molecule has 0 aromatic rings. The van der Waals surface area contributed by atoms with Crippen LogP contribution >= 0.6 is 0 Å². The summed E-state index contributed by atoms with van der Waals surface area (Å²) in [6, 6.07) is 0.131. The van der Waals surface area contributed by atoms with Gasteiger partial charge in [0, 0.05) is 11.5 Å². The Labute approximate surface area is 203 Å². The molecule has 0 bridgehead atoms. The molecule has 3 heteroatoms. The van der Waals surface area contributed by atoms with Gasteiger partial charge in [0.2, 0.25) is 0 Å². The third-order valence-corrected chi connectivity index (χ3v) is 13.9. The van der Waals surface area contributed by atoms with Crippen LogP contribution in [0.15, 0.2) is 12.2 Å². The summed E-state index contributed by atoms with van der Waals surface area (Å²) < 4.78 is 0. The Balaban J connectivity index is 1.55. The predicted octanol–water partition coefficient (Wildman–Crippen LogP) is 5.90. The van der Waals surface area contributed by atoms with E-state index in [0.717, 1.165) is 30.7 Å². The fourth-order valence-corrected chi connectivity index (χ4v) is 11.7. The van der Waals surface area contributed by atoms with Gasteiger partial charge in [-0.25, -0.2) is 0 Å². The average molecular weight is 457 g/mol. The van der Waals surface area contributed by atoms with Crippen LogP contribution in [0, 0.1) is 56.7 Å². The molecular formula is C30H52N2O. The lowest BCUT2D eigenvalue weighted by Crippen LogP contribution is -2.68. The number of nitrogens with two attached hydrogens (primary N) is 2. The van der Waals surface area contributed by atoms with Crippen molar-refractivity contribution in [3.05, 3.63) is 12.2 Å². The van der Waals surface area contributed by atoms with Crippen LogP contribution in [0.5, 0.6) is 0 Å². The molecule has 0 amide bonds. The van der Waals surface area contributed by atoms with Crippen molar-refractivity contribution in [3.8, 4) is 0 Å². The van der Waals surface area contributed by atoms with Gasteiger partial charge in [-0.2, -0.15) is 0 Å². The van der Waals surface area contributed by atoms with Gasteiger partial charge in [-0.05, 0) is 129 Å². The zero-order valence-electron chi connectivity index (χ0n) is 22.3. The van der Waals surface area contributed by atoms with Gasteiger partial charge < -0.3 is 16.6 Å². The first-order chi connectivity index (χ1) is 15.4. The third kappa shape index (κ3) is 2.85. The highest BCUT2D eigenvalue weighted by molar-refractivity contribution is 5.22. The summed E-state index contributed by atoms with van der Waals surface area (Å²) in [5, 5.41) is 10.5. The minimum absolute atomic E-state index is 0.131. The predicted molar refractivity (Wildman–Crippen MR) is 137 cm³/mol. The van der Waals surface area contributed by atoms with E-state index in [-0.39, 0.29) is 18.1 Å². The molecule has 5 aliphatic rings. The second kappa shape index (κ2) is 7.56. The maximum Gasteiger partial charge on any atom is 0.0502 e. The highest BCUT2D eigenvalue weighted by Gasteiger charge is 2.70. The number of rotatable bonds is 3. The molecular weight excluding hydrogens is 404 g/mol. The Morgan fingerprint density at radius 1 is 0.879 bits per heavy atom. The monoisotopic (exact) mass is 456 g/mol. The van der Waals surface area contributed by atoms with Crippen LogP contribution in [0.1, 0.15) is 98.8 Å². The van der Waals surface area contributed by atoms with Crippen LogP contribution < -0.4 is 11.5 Å². The van der Waals surface area contributed by atoms with Gasteiger partial charge in [-0.3, -0.25) is 0 Å². The molecule has 5 saturated carbocycles. The number of hydrogen-bond donors (Lipinski definition) is 3. The summed E-state index contributed by atoms with van der Waals surface area (Å²) in [6.07, 6.45) is 12.8. The van der Waals surface area contributed by atoms with Gasteiger partial charge in [0.25, 0.3) is 0 Å². The first-order valence-corrected chi connectivity index (χ1v) is 14.2. The van der Waals surface area contributed by atoms with Crippen molar-refractivity contribution in [2.24, 2.45) is 68.1 Å². The van der Waals surface area contributed by atoms with E-state index >= 15 is 0 Å². The van der Waals surface area contributed by atoms with Crippen molar-refractivity contribution >= 4 is 0 Å². The van der Waals surface area contributed by atoms with E-state index in [1.165, 1.54) is 63.4 Å². The summed E-state index contributed by atoms with van der Waals surface area (Å²) in [5.41, 5.74) is 15.9. The Morgan fingerprint density at radius 3 is 2.24 bits per heavy atom. The number of fused-ring (bicyclic) bond motifs is 7. The fourth-order valence-electron chi connectivity index (χ4n) is 11.7. The molecule has 11 atom stereocenters. The van der Waals surface area contributed by atoms with Crippen molar-refractivity contribution in [1.29, 1.82) is 0 Å². The smallest absolute Gasteiger partial charge is 0.0502 e. The van der Waals surface area contributed by atoms with Gasteiger partial charge in [0.1, 0.15) is 0 Å². The normalized spacial score (nSPS) is 58.1. The Bertz CT molecular complexity index is 811. The Kier molecular flexibility index (Phi) is 5.57. The third-order valence-electron chi connectivity index (χ3n) is 13.9. The molecule has 3 nitrogen and oxygen atoms in total. The SMILES string of the molecule is C=C(C)[C@@H]1CC[C@]2(CN)CC[C@]3(C)[C@H](CC[C@@H]4[C@@]5(C)CCC(N)[C@@](C)(CO)[C@@H]5CC[C@]43C)[C@@H]12. The highest BCUT2D eigenvalue weighted by Crippen LogP contribution is 2.77. The van der Waals surface area contributed by atoms with Crippen LogP contribution in [-0.2, 0) is 0 Å². The van der Waals surface area contributed by atoms with E-state index in [9.17, 15) is 5.11 Å². The van der Waals surface area contributed by atoms with Gasteiger partial charge in [-0.15, -0.1) is 0 Å². The average Bonchev–Trinajstić information content (AvgIpc) is 3.17. The summed E-state index contributed by atoms with van der Waals surface area (Å²) in [6.45, 7) is 18.1. The van der Waals surface area contributed by atoms with E-state index in [4.69, 9.17) is 11.5 Å². The van der Waals surface area contributed by atoms with Crippen LogP contribution in [-0.4, -0.2) is 24.3 Å². The second-order valence-corrected chi connectivity index (χ2v) is 14.6. The van der Waals surface area contributed by atoms with Crippen LogP contribution in [0.4, 0.5) is 0 Å². The molecule has 0 radical (unpaired) electrons. The van der Waals surface area contributed by atoms with E-state index in [1.807, 2.05) is 0 Å². The number of aliphatic hydroxyl groups excluding tert-OH is 1.